The first kappa shape index (κ1) is 61.9. The molecule has 0 radical (unpaired) electrons. The predicted octanol–water partition coefficient (Wildman–Crippen LogP) is 18.7. The van der Waals surface area contributed by atoms with Crippen LogP contribution in [0.3, 0.4) is 0 Å². The van der Waals surface area contributed by atoms with E-state index in [2.05, 4.69) is 45.1 Å². The Hall–Kier alpha value is -2.11. The van der Waals surface area contributed by atoms with Crippen molar-refractivity contribution in [2.24, 2.45) is 0 Å². The number of hydrogen-bond donors (Lipinski definition) is 0. The maximum atomic E-state index is 12.8. The van der Waals surface area contributed by atoms with Gasteiger partial charge in [0.25, 0.3) is 0 Å². The lowest BCUT2D eigenvalue weighted by molar-refractivity contribution is -0.167. The first-order valence-corrected chi connectivity index (χ1v) is 28.3. The van der Waals surface area contributed by atoms with E-state index in [4.69, 9.17) is 14.2 Å². The molecule has 0 aliphatic rings. The Kier molecular flexibility index (Phi) is 51.7. The first-order valence-electron chi connectivity index (χ1n) is 28.3. The molecule has 0 N–H and O–H groups in total. The molecule has 6 heteroatoms. The molecule has 0 unspecified atom stereocenters. The van der Waals surface area contributed by atoms with Gasteiger partial charge < -0.3 is 14.2 Å². The van der Waals surface area contributed by atoms with Crippen LogP contribution in [0.25, 0.3) is 0 Å². The van der Waals surface area contributed by atoms with Crippen molar-refractivity contribution in [2.75, 3.05) is 13.2 Å². The molecule has 0 aliphatic carbocycles. The third-order valence-electron chi connectivity index (χ3n) is 12.7. The average Bonchev–Trinajstić information content (AvgIpc) is 3.29. The zero-order valence-electron chi connectivity index (χ0n) is 43.1. The Bertz CT molecular complexity index is 1040. The normalized spacial score (nSPS) is 12.1. The van der Waals surface area contributed by atoms with Gasteiger partial charge in [0.15, 0.2) is 6.10 Å². The molecule has 0 aromatic rings. The van der Waals surface area contributed by atoms with Gasteiger partial charge in [-0.05, 0) is 51.4 Å². The smallest absolute Gasteiger partial charge is 0.306 e. The lowest BCUT2D eigenvalue weighted by Crippen LogP contribution is -2.30. The molecule has 0 heterocycles. The summed E-state index contributed by atoms with van der Waals surface area (Å²) in [7, 11) is 0. The summed E-state index contributed by atoms with van der Waals surface area (Å²) in [6, 6.07) is 0. The number of ether oxygens (including phenoxy) is 3. The Morgan fingerprint density at radius 2 is 0.562 bits per heavy atom. The molecule has 0 rings (SSSR count). The van der Waals surface area contributed by atoms with Gasteiger partial charge in [0.05, 0.1) is 0 Å². The summed E-state index contributed by atoms with van der Waals surface area (Å²) in [4.78, 5) is 38.1. The summed E-state index contributed by atoms with van der Waals surface area (Å²) in [6.07, 6.45) is 61.6. The quantitative estimate of drug-likeness (QED) is 0.0262. The standard InChI is InChI=1S/C58H108O6/c1-4-7-10-13-16-19-22-25-27-29-31-33-36-39-42-45-48-51-57(60)63-54-55(53-62-56(59)50-47-44-41-38-35-24-21-18-15-12-9-6-3)64-58(61)52-49-46-43-40-37-34-32-30-28-26-23-20-17-14-11-8-5-2/h16,19,25,27,55H,4-15,17-18,20-24,26,28-54H2,1-3H3/b19-16-,27-25-/t55-/m0/s1. The van der Waals surface area contributed by atoms with Gasteiger partial charge >= 0.3 is 17.9 Å². The van der Waals surface area contributed by atoms with Crippen molar-refractivity contribution in [3.8, 4) is 0 Å². The lowest BCUT2D eigenvalue weighted by atomic mass is 10.0. The highest BCUT2D eigenvalue weighted by atomic mass is 16.6. The van der Waals surface area contributed by atoms with E-state index in [-0.39, 0.29) is 31.1 Å². The minimum absolute atomic E-state index is 0.0683. The molecule has 64 heavy (non-hydrogen) atoms. The van der Waals surface area contributed by atoms with Gasteiger partial charge in [0.2, 0.25) is 0 Å². The summed E-state index contributed by atoms with van der Waals surface area (Å²) >= 11 is 0. The van der Waals surface area contributed by atoms with E-state index in [0.717, 1.165) is 70.6 Å². The Balaban J connectivity index is 4.32. The second-order valence-corrected chi connectivity index (χ2v) is 19.2. The number of esters is 3. The van der Waals surface area contributed by atoms with Crippen LogP contribution in [0.4, 0.5) is 0 Å². The molecule has 0 fully saturated rings. The molecular weight excluding hydrogens is 793 g/mol. The molecule has 0 aliphatic heterocycles. The van der Waals surface area contributed by atoms with Crippen molar-refractivity contribution in [1.82, 2.24) is 0 Å². The van der Waals surface area contributed by atoms with Crippen molar-refractivity contribution < 1.29 is 28.6 Å². The molecule has 6 nitrogen and oxygen atoms in total. The van der Waals surface area contributed by atoms with Crippen molar-refractivity contribution in [1.29, 1.82) is 0 Å². The fourth-order valence-electron chi connectivity index (χ4n) is 8.42. The van der Waals surface area contributed by atoms with Crippen LogP contribution < -0.4 is 0 Å². The van der Waals surface area contributed by atoms with Crippen molar-refractivity contribution in [2.45, 2.75) is 316 Å². The predicted molar refractivity (Wildman–Crippen MR) is 275 cm³/mol. The lowest BCUT2D eigenvalue weighted by Gasteiger charge is -2.18. The summed E-state index contributed by atoms with van der Waals surface area (Å²) in [5, 5.41) is 0. The third-order valence-corrected chi connectivity index (χ3v) is 12.7. The zero-order valence-corrected chi connectivity index (χ0v) is 43.1. The number of rotatable bonds is 52. The molecule has 1 atom stereocenters. The van der Waals surface area contributed by atoms with Crippen molar-refractivity contribution in [3.05, 3.63) is 24.3 Å². The number of carbonyl (C=O) groups is 3. The topological polar surface area (TPSA) is 78.9 Å². The summed E-state index contributed by atoms with van der Waals surface area (Å²) in [6.45, 7) is 6.65. The highest BCUT2D eigenvalue weighted by Gasteiger charge is 2.19. The van der Waals surface area contributed by atoms with Gasteiger partial charge in [-0.25, -0.2) is 0 Å². The number of hydrogen-bond acceptors (Lipinski definition) is 6. The van der Waals surface area contributed by atoms with Crippen LogP contribution in [-0.4, -0.2) is 37.2 Å². The maximum absolute atomic E-state index is 12.8. The molecule has 376 valence electrons. The van der Waals surface area contributed by atoms with Crippen molar-refractivity contribution >= 4 is 17.9 Å². The van der Waals surface area contributed by atoms with Gasteiger partial charge in [0.1, 0.15) is 13.2 Å². The number of unbranched alkanes of at least 4 members (excludes halogenated alkanes) is 37. The molecule has 0 amide bonds. The zero-order chi connectivity index (χ0) is 46.5. The van der Waals surface area contributed by atoms with E-state index in [0.29, 0.717) is 19.3 Å². The van der Waals surface area contributed by atoms with Gasteiger partial charge in [-0.2, -0.15) is 0 Å². The largest absolute Gasteiger partial charge is 0.462 e. The third kappa shape index (κ3) is 50.9. The fraction of sp³-hybridized carbons (Fsp3) is 0.879. The van der Waals surface area contributed by atoms with E-state index in [1.807, 2.05) is 0 Å². The Morgan fingerprint density at radius 3 is 0.891 bits per heavy atom. The molecule has 0 bridgehead atoms. The monoisotopic (exact) mass is 901 g/mol. The first-order chi connectivity index (χ1) is 31.5. The van der Waals surface area contributed by atoms with Crippen LogP contribution >= 0.6 is 0 Å². The maximum Gasteiger partial charge on any atom is 0.306 e. The number of allylic oxidation sites excluding steroid dienone is 4. The second kappa shape index (κ2) is 53.5. The van der Waals surface area contributed by atoms with Crippen LogP contribution in [-0.2, 0) is 28.6 Å². The van der Waals surface area contributed by atoms with E-state index in [1.165, 1.54) is 199 Å². The fourth-order valence-corrected chi connectivity index (χ4v) is 8.42. The molecule has 0 spiro atoms. The van der Waals surface area contributed by atoms with Crippen LogP contribution in [0.1, 0.15) is 310 Å². The molecule has 0 saturated heterocycles. The SMILES string of the molecule is CCCCC/C=C\C/C=C\CCCCCCCCCC(=O)OC[C@H](COC(=O)CCCCCCCCCCCCCC)OC(=O)CCCCCCCCCCCCCCCCCCC. The van der Waals surface area contributed by atoms with Gasteiger partial charge in [-0.1, -0.05) is 263 Å². The summed E-state index contributed by atoms with van der Waals surface area (Å²) < 4.78 is 16.9. The van der Waals surface area contributed by atoms with E-state index < -0.39 is 6.10 Å². The molecule has 0 aromatic carbocycles. The minimum atomic E-state index is -0.768. The Labute approximate surface area is 398 Å². The van der Waals surface area contributed by atoms with Crippen LogP contribution in [0, 0.1) is 0 Å². The summed E-state index contributed by atoms with van der Waals surface area (Å²) in [5.74, 6) is -0.856. The highest BCUT2D eigenvalue weighted by Crippen LogP contribution is 2.17. The van der Waals surface area contributed by atoms with Gasteiger partial charge in [-0.15, -0.1) is 0 Å². The highest BCUT2D eigenvalue weighted by molar-refractivity contribution is 5.71. The van der Waals surface area contributed by atoms with Gasteiger partial charge in [0, 0.05) is 19.3 Å². The van der Waals surface area contributed by atoms with E-state index in [1.54, 1.807) is 0 Å². The van der Waals surface area contributed by atoms with Gasteiger partial charge in [-0.3, -0.25) is 14.4 Å². The molecular formula is C58H108O6. The average molecular weight is 901 g/mol. The summed E-state index contributed by atoms with van der Waals surface area (Å²) in [5.41, 5.74) is 0. The minimum Gasteiger partial charge on any atom is -0.462 e. The van der Waals surface area contributed by atoms with Crippen molar-refractivity contribution in [3.63, 3.8) is 0 Å². The van der Waals surface area contributed by atoms with Crippen LogP contribution in [0.15, 0.2) is 24.3 Å². The van der Waals surface area contributed by atoms with E-state index >= 15 is 0 Å². The Morgan fingerprint density at radius 1 is 0.312 bits per heavy atom. The van der Waals surface area contributed by atoms with Crippen LogP contribution in [0.5, 0.6) is 0 Å². The molecule has 0 saturated carbocycles. The number of carbonyl (C=O) groups excluding carboxylic acids is 3. The van der Waals surface area contributed by atoms with Crippen LogP contribution in [0.2, 0.25) is 0 Å². The molecule has 0 aromatic heterocycles. The second-order valence-electron chi connectivity index (χ2n) is 19.2. The van der Waals surface area contributed by atoms with E-state index in [9.17, 15) is 14.4 Å².